The summed E-state index contributed by atoms with van der Waals surface area (Å²) in [5.74, 6) is 0.573. The molecule has 134 valence electrons. The predicted octanol–water partition coefficient (Wildman–Crippen LogP) is 2.52. The molecule has 0 aromatic heterocycles. The number of benzene rings is 1. The number of hydrogen-bond acceptors (Lipinski definition) is 3. The molecule has 6 nitrogen and oxygen atoms in total. The molecule has 0 aliphatic carbocycles. The third-order valence-corrected chi connectivity index (χ3v) is 5.84. The Balaban J connectivity index is 2.10. The normalized spacial score (nSPS) is 23.7. The summed E-state index contributed by atoms with van der Waals surface area (Å²) in [4.78, 5) is 11.2. The molecule has 24 heavy (non-hydrogen) atoms. The average molecular weight is 353 g/mol. The number of nitrogens with one attached hydrogen (secondary N) is 2. The highest BCUT2D eigenvalue weighted by Gasteiger charge is 2.31. The molecule has 1 saturated heterocycles. The zero-order chi connectivity index (χ0) is 17.9. The molecule has 0 unspecified atom stereocenters. The van der Waals surface area contributed by atoms with Crippen LogP contribution in [-0.2, 0) is 15.0 Å². The van der Waals surface area contributed by atoms with Gasteiger partial charge in [-0.1, -0.05) is 26.0 Å². The van der Waals surface area contributed by atoms with Crippen molar-refractivity contribution in [2.24, 2.45) is 11.8 Å². The maximum atomic E-state index is 12.7. The van der Waals surface area contributed by atoms with E-state index >= 15 is 0 Å². The Morgan fingerprint density at radius 1 is 1.25 bits per heavy atom. The summed E-state index contributed by atoms with van der Waals surface area (Å²) in [7, 11) is -3.54. The molecular weight excluding hydrogens is 326 g/mol. The fourth-order valence-corrected chi connectivity index (χ4v) is 4.89. The van der Waals surface area contributed by atoms with E-state index in [1.54, 1.807) is 29.4 Å². The van der Waals surface area contributed by atoms with Gasteiger partial charge in [-0.15, -0.1) is 0 Å². The highest BCUT2D eigenvalue weighted by atomic mass is 32.2. The van der Waals surface area contributed by atoms with Crippen LogP contribution in [0.5, 0.6) is 0 Å². The molecule has 2 rings (SSSR count). The van der Waals surface area contributed by atoms with Gasteiger partial charge in [-0.25, -0.2) is 0 Å². The molecule has 3 atom stereocenters. The van der Waals surface area contributed by atoms with E-state index in [1.807, 2.05) is 6.07 Å². The van der Waals surface area contributed by atoms with Crippen molar-refractivity contribution in [3.05, 3.63) is 29.8 Å². The molecule has 2 N–H and O–H groups in total. The molecular formula is C17H27N3O3S. The molecule has 7 heteroatoms. The van der Waals surface area contributed by atoms with Crippen molar-refractivity contribution in [2.75, 3.05) is 18.4 Å². The fourth-order valence-electron chi connectivity index (χ4n) is 3.26. The van der Waals surface area contributed by atoms with Crippen LogP contribution in [0.2, 0.25) is 0 Å². The minimum atomic E-state index is -3.54. The van der Waals surface area contributed by atoms with Gasteiger partial charge in [0.15, 0.2) is 0 Å². The summed E-state index contributed by atoms with van der Waals surface area (Å²) in [6.45, 7) is 8.52. The number of piperidine rings is 1. The van der Waals surface area contributed by atoms with Crippen molar-refractivity contribution < 1.29 is 13.2 Å². The van der Waals surface area contributed by atoms with E-state index in [4.69, 9.17) is 0 Å². The van der Waals surface area contributed by atoms with E-state index in [0.717, 1.165) is 12.0 Å². The number of hydrogen-bond donors (Lipinski definition) is 2. The minimum absolute atomic E-state index is 0.156. The van der Waals surface area contributed by atoms with Crippen molar-refractivity contribution in [2.45, 2.75) is 40.2 Å². The van der Waals surface area contributed by atoms with Crippen LogP contribution in [0.3, 0.4) is 0 Å². The second-order valence-electron chi connectivity index (χ2n) is 6.91. The molecule has 1 aromatic carbocycles. The zero-order valence-corrected chi connectivity index (χ0v) is 15.6. The van der Waals surface area contributed by atoms with E-state index in [0.29, 0.717) is 30.6 Å². The molecule has 1 aromatic rings. The van der Waals surface area contributed by atoms with E-state index in [1.165, 1.54) is 6.92 Å². The van der Waals surface area contributed by atoms with E-state index in [9.17, 15) is 13.2 Å². The molecule has 1 fully saturated rings. The number of carbonyl (C=O) groups excluding carboxylic acids is 1. The Morgan fingerprint density at radius 3 is 2.46 bits per heavy atom. The van der Waals surface area contributed by atoms with Gasteiger partial charge in [0.05, 0.1) is 0 Å². The van der Waals surface area contributed by atoms with Crippen LogP contribution in [0.15, 0.2) is 24.3 Å². The number of rotatable bonds is 5. The highest BCUT2D eigenvalue weighted by Crippen LogP contribution is 2.24. The first kappa shape index (κ1) is 18.9. The van der Waals surface area contributed by atoms with Gasteiger partial charge in [-0.3, -0.25) is 4.79 Å². The largest absolute Gasteiger partial charge is 0.326 e. The zero-order valence-electron chi connectivity index (χ0n) is 14.7. The third kappa shape index (κ3) is 5.03. The Labute approximate surface area is 144 Å². The second kappa shape index (κ2) is 7.63. The van der Waals surface area contributed by atoms with Gasteiger partial charge in [0.25, 0.3) is 10.2 Å². The first-order valence-corrected chi connectivity index (χ1v) is 9.76. The van der Waals surface area contributed by atoms with Crippen molar-refractivity contribution in [3.63, 3.8) is 0 Å². The lowest BCUT2D eigenvalue weighted by atomic mass is 9.94. The fraction of sp³-hybridized carbons (Fsp3) is 0.588. The van der Waals surface area contributed by atoms with Crippen molar-refractivity contribution in [1.82, 2.24) is 9.03 Å². The molecule has 1 aliphatic rings. The smallest absolute Gasteiger partial charge is 0.280 e. The molecule has 1 amide bonds. The Kier molecular flexibility index (Phi) is 6.01. The molecule has 0 radical (unpaired) electrons. The van der Waals surface area contributed by atoms with Gasteiger partial charge in [0.1, 0.15) is 0 Å². The third-order valence-electron chi connectivity index (χ3n) is 4.21. The average Bonchev–Trinajstić information content (AvgIpc) is 2.45. The summed E-state index contributed by atoms with van der Waals surface area (Å²) >= 11 is 0. The number of nitrogens with zero attached hydrogens (tertiary/aromatic N) is 1. The summed E-state index contributed by atoms with van der Waals surface area (Å²) < 4.78 is 29.6. The monoisotopic (exact) mass is 353 g/mol. The standard InChI is InChI=1S/C17H27N3O3S/c1-12-8-13(2)11-20(10-12)24(22,23)19-14(3)16-6-5-7-17(9-16)18-15(4)21/h5-7,9,12-14,19H,8,10-11H2,1-4H3,(H,18,21)/t12-,13+,14-/m0/s1. The first-order chi connectivity index (χ1) is 11.2. The maximum Gasteiger partial charge on any atom is 0.280 e. The number of anilines is 1. The van der Waals surface area contributed by atoms with Gasteiger partial charge in [0, 0.05) is 31.7 Å². The van der Waals surface area contributed by atoms with Gasteiger partial charge in [0.2, 0.25) is 5.91 Å². The van der Waals surface area contributed by atoms with Crippen LogP contribution in [0.4, 0.5) is 5.69 Å². The van der Waals surface area contributed by atoms with Gasteiger partial charge in [-0.2, -0.15) is 17.4 Å². The van der Waals surface area contributed by atoms with Gasteiger partial charge in [-0.05, 0) is 42.9 Å². The van der Waals surface area contributed by atoms with Crippen molar-refractivity contribution >= 4 is 21.8 Å². The molecule has 0 spiro atoms. The van der Waals surface area contributed by atoms with Crippen LogP contribution in [-0.4, -0.2) is 31.7 Å². The Morgan fingerprint density at radius 2 is 1.88 bits per heavy atom. The predicted molar refractivity (Wildman–Crippen MR) is 95.7 cm³/mol. The summed E-state index contributed by atoms with van der Waals surface area (Å²) in [6.07, 6.45) is 1.06. The van der Waals surface area contributed by atoms with Gasteiger partial charge >= 0.3 is 0 Å². The summed E-state index contributed by atoms with van der Waals surface area (Å²) in [5.41, 5.74) is 1.47. The molecule has 0 bridgehead atoms. The Hall–Kier alpha value is -1.44. The van der Waals surface area contributed by atoms with Crippen LogP contribution in [0.25, 0.3) is 0 Å². The lowest BCUT2D eigenvalue weighted by molar-refractivity contribution is -0.114. The van der Waals surface area contributed by atoms with Crippen LogP contribution >= 0.6 is 0 Å². The van der Waals surface area contributed by atoms with E-state index in [2.05, 4.69) is 23.9 Å². The van der Waals surface area contributed by atoms with Crippen molar-refractivity contribution in [3.8, 4) is 0 Å². The number of carbonyl (C=O) groups is 1. The second-order valence-corrected chi connectivity index (χ2v) is 8.62. The maximum absolute atomic E-state index is 12.7. The summed E-state index contributed by atoms with van der Waals surface area (Å²) in [5, 5.41) is 2.71. The van der Waals surface area contributed by atoms with Crippen LogP contribution in [0, 0.1) is 11.8 Å². The SMILES string of the molecule is CC(=O)Nc1cccc([C@H](C)NS(=O)(=O)N2C[C@H](C)C[C@H](C)C2)c1. The molecule has 0 saturated carbocycles. The number of amides is 1. The summed E-state index contributed by atoms with van der Waals surface area (Å²) in [6, 6.07) is 6.84. The van der Waals surface area contributed by atoms with Crippen LogP contribution in [0.1, 0.15) is 45.7 Å². The Bertz CT molecular complexity index is 680. The lowest BCUT2D eigenvalue weighted by Gasteiger charge is -2.34. The minimum Gasteiger partial charge on any atom is -0.326 e. The van der Waals surface area contributed by atoms with E-state index < -0.39 is 10.2 Å². The lowest BCUT2D eigenvalue weighted by Crippen LogP contribution is -2.48. The van der Waals surface area contributed by atoms with Crippen LogP contribution < -0.4 is 10.0 Å². The molecule has 1 aliphatic heterocycles. The van der Waals surface area contributed by atoms with Crippen molar-refractivity contribution in [1.29, 1.82) is 0 Å². The van der Waals surface area contributed by atoms with Gasteiger partial charge < -0.3 is 5.32 Å². The molecule has 1 heterocycles. The van der Waals surface area contributed by atoms with E-state index in [-0.39, 0.29) is 11.9 Å². The topological polar surface area (TPSA) is 78.5 Å². The highest BCUT2D eigenvalue weighted by molar-refractivity contribution is 7.87. The first-order valence-electron chi connectivity index (χ1n) is 8.32. The quantitative estimate of drug-likeness (QED) is 0.854.